The van der Waals surface area contributed by atoms with Crippen molar-refractivity contribution in [1.29, 1.82) is 0 Å². The summed E-state index contributed by atoms with van der Waals surface area (Å²) >= 11 is 0. The van der Waals surface area contributed by atoms with Crippen LogP contribution in [-0.4, -0.2) is 20.2 Å². The smallest absolute Gasteiger partial charge is 0.118 e. The second kappa shape index (κ2) is 4.49. The van der Waals surface area contributed by atoms with Crippen LogP contribution in [0.4, 0.5) is 0 Å². The van der Waals surface area contributed by atoms with E-state index in [9.17, 15) is 0 Å². The zero-order valence-electron chi connectivity index (χ0n) is 7.62. The minimum absolute atomic E-state index is 0. The molecule has 0 radical (unpaired) electrons. The van der Waals surface area contributed by atoms with Gasteiger partial charge in [0.1, 0.15) is 5.75 Å². The molecule has 1 aromatic rings. The topological polar surface area (TPSA) is 21.3 Å². The van der Waals surface area contributed by atoms with Crippen LogP contribution < -0.4 is 10.1 Å². The molecule has 0 aromatic heterocycles. The summed E-state index contributed by atoms with van der Waals surface area (Å²) < 4.78 is 5.08. The highest BCUT2D eigenvalue weighted by molar-refractivity contribution is 5.85. The van der Waals surface area contributed by atoms with Crippen LogP contribution in [0.5, 0.6) is 5.75 Å². The fourth-order valence-corrected chi connectivity index (χ4v) is 1.40. The van der Waals surface area contributed by atoms with Crippen LogP contribution in [0.15, 0.2) is 24.3 Å². The SMILES string of the molecule is COc1ccc(C2CNC2)cc1.Cl. The van der Waals surface area contributed by atoms with Gasteiger partial charge in [0.05, 0.1) is 7.11 Å². The van der Waals surface area contributed by atoms with Crippen molar-refractivity contribution in [2.75, 3.05) is 20.2 Å². The lowest BCUT2D eigenvalue weighted by molar-refractivity contribution is 0.413. The molecule has 0 atom stereocenters. The highest BCUT2D eigenvalue weighted by Crippen LogP contribution is 2.21. The van der Waals surface area contributed by atoms with Crippen LogP contribution in [0.3, 0.4) is 0 Å². The van der Waals surface area contributed by atoms with Crippen LogP contribution in [0.1, 0.15) is 11.5 Å². The summed E-state index contributed by atoms with van der Waals surface area (Å²) in [5.74, 6) is 1.65. The van der Waals surface area contributed by atoms with Gasteiger partial charge in [-0.05, 0) is 17.7 Å². The molecule has 1 aromatic carbocycles. The third-order valence-electron chi connectivity index (χ3n) is 2.37. The Kier molecular flexibility index (Phi) is 3.58. The Balaban J connectivity index is 0.000000845. The second-order valence-electron chi connectivity index (χ2n) is 3.13. The molecule has 1 aliphatic heterocycles. The van der Waals surface area contributed by atoms with Crippen LogP contribution >= 0.6 is 12.4 Å². The molecular weight excluding hydrogens is 186 g/mol. The number of rotatable bonds is 2. The highest BCUT2D eigenvalue weighted by atomic mass is 35.5. The van der Waals surface area contributed by atoms with Crippen LogP contribution in [0.25, 0.3) is 0 Å². The predicted molar refractivity (Wildman–Crippen MR) is 55.9 cm³/mol. The molecule has 2 nitrogen and oxygen atoms in total. The number of methoxy groups -OCH3 is 1. The Bertz CT molecular complexity index is 256. The zero-order valence-corrected chi connectivity index (χ0v) is 8.43. The van der Waals surface area contributed by atoms with Gasteiger partial charge in [-0.1, -0.05) is 12.1 Å². The molecular formula is C10H14ClNO. The Labute approximate surface area is 84.7 Å². The van der Waals surface area contributed by atoms with E-state index >= 15 is 0 Å². The third-order valence-corrected chi connectivity index (χ3v) is 2.37. The van der Waals surface area contributed by atoms with E-state index in [1.807, 2.05) is 12.1 Å². The molecule has 0 aliphatic carbocycles. The van der Waals surface area contributed by atoms with Gasteiger partial charge in [-0.25, -0.2) is 0 Å². The fraction of sp³-hybridized carbons (Fsp3) is 0.400. The lowest BCUT2D eigenvalue weighted by Gasteiger charge is -2.27. The first-order chi connectivity index (χ1) is 5.90. The molecule has 1 N–H and O–H groups in total. The number of ether oxygens (including phenoxy) is 1. The summed E-state index contributed by atoms with van der Waals surface area (Å²) in [7, 11) is 1.69. The normalized spacial score (nSPS) is 15.8. The Morgan fingerprint density at radius 1 is 1.23 bits per heavy atom. The minimum Gasteiger partial charge on any atom is -0.497 e. The first-order valence-electron chi connectivity index (χ1n) is 4.25. The molecule has 0 unspecified atom stereocenters. The summed E-state index contributed by atoms with van der Waals surface area (Å²) in [6.45, 7) is 2.23. The molecule has 72 valence electrons. The van der Waals surface area contributed by atoms with E-state index in [4.69, 9.17) is 4.74 Å². The monoisotopic (exact) mass is 199 g/mol. The van der Waals surface area contributed by atoms with Crippen molar-refractivity contribution in [3.63, 3.8) is 0 Å². The van der Waals surface area contributed by atoms with Crippen molar-refractivity contribution >= 4 is 12.4 Å². The number of nitrogens with one attached hydrogen (secondary N) is 1. The van der Waals surface area contributed by atoms with Gasteiger partial charge in [0.15, 0.2) is 0 Å². The van der Waals surface area contributed by atoms with Gasteiger partial charge >= 0.3 is 0 Å². The Morgan fingerprint density at radius 3 is 2.23 bits per heavy atom. The van der Waals surface area contributed by atoms with E-state index in [1.54, 1.807) is 7.11 Å². The second-order valence-corrected chi connectivity index (χ2v) is 3.13. The van der Waals surface area contributed by atoms with Crippen molar-refractivity contribution in [1.82, 2.24) is 5.32 Å². The van der Waals surface area contributed by atoms with Gasteiger partial charge < -0.3 is 10.1 Å². The molecule has 2 rings (SSSR count). The van der Waals surface area contributed by atoms with E-state index in [2.05, 4.69) is 17.4 Å². The minimum atomic E-state index is 0. The van der Waals surface area contributed by atoms with Crippen molar-refractivity contribution in [3.05, 3.63) is 29.8 Å². The standard InChI is InChI=1S/C10H13NO.ClH/c1-12-10-4-2-8(3-5-10)9-6-11-7-9;/h2-5,9,11H,6-7H2,1H3;1H. The third kappa shape index (κ3) is 2.14. The highest BCUT2D eigenvalue weighted by Gasteiger charge is 2.18. The Morgan fingerprint density at radius 2 is 1.85 bits per heavy atom. The van der Waals surface area contributed by atoms with Crippen LogP contribution in [0.2, 0.25) is 0 Å². The van der Waals surface area contributed by atoms with Gasteiger partial charge in [0.2, 0.25) is 0 Å². The van der Waals surface area contributed by atoms with Gasteiger partial charge in [0.25, 0.3) is 0 Å². The summed E-state index contributed by atoms with van der Waals surface area (Å²) in [6, 6.07) is 8.33. The molecule has 1 saturated heterocycles. The average Bonchev–Trinajstić information content (AvgIpc) is 2.03. The van der Waals surface area contributed by atoms with Gasteiger partial charge in [-0.2, -0.15) is 0 Å². The van der Waals surface area contributed by atoms with Crippen LogP contribution in [-0.2, 0) is 0 Å². The maximum Gasteiger partial charge on any atom is 0.118 e. The van der Waals surface area contributed by atoms with Gasteiger partial charge in [-0.15, -0.1) is 12.4 Å². The number of benzene rings is 1. The van der Waals surface area contributed by atoms with Crippen molar-refractivity contribution in [3.8, 4) is 5.75 Å². The van der Waals surface area contributed by atoms with Crippen molar-refractivity contribution in [2.24, 2.45) is 0 Å². The molecule has 0 amide bonds. The van der Waals surface area contributed by atoms with Crippen molar-refractivity contribution in [2.45, 2.75) is 5.92 Å². The van der Waals surface area contributed by atoms with Gasteiger partial charge in [0, 0.05) is 19.0 Å². The van der Waals surface area contributed by atoms with E-state index in [0.29, 0.717) is 0 Å². The molecule has 1 fully saturated rings. The quantitative estimate of drug-likeness (QED) is 0.785. The number of hydrogen-bond donors (Lipinski definition) is 1. The lowest BCUT2D eigenvalue weighted by atomic mass is 9.94. The maximum absolute atomic E-state index is 5.08. The van der Waals surface area contributed by atoms with Crippen molar-refractivity contribution < 1.29 is 4.74 Å². The van der Waals surface area contributed by atoms with E-state index in [-0.39, 0.29) is 12.4 Å². The predicted octanol–water partition coefficient (Wildman–Crippen LogP) is 1.80. The van der Waals surface area contributed by atoms with E-state index in [0.717, 1.165) is 24.8 Å². The summed E-state index contributed by atoms with van der Waals surface area (Å²) in [5, 5.41) is 3.26. The van der Waals surface area contributed by atoms with Gasteiger partial charge in [-0.3, -0.25) is 0 Å². The average molecular weight is 200 g/mol. The number of halogens is 1. The first-order valence-corrected chi connectivity index (χ1v) is 4.25. The first kappa shape index (κ1) is 10.4. The van der Waals surface area contributed by atoms with E-state index < -0.39 is 0 Å². The summed E-state index contributed by atoms with van der Waals surface area (Å²) in [6.07, 6.45) is 0. The van der Waals surface area contributed by atoms with E-state index in [1.165, 1.54) is 5.56 Å². The molecule has 13 heavy (non-hydrogen) atoms. The largest absolute Gasteiger partial charge is 0.497 e. The Hall–Kier alpha value is -0.730. The molecule has 1 heterocycles. The summed E-state index contributed by atoms with van der Waals surface area (Å²) in [5.41, 5.74) is 1.41. The maximum atomic E-state index is 5.08. The molecule has 3 heteroatoms. The molecule has 1 aliphatic rings. The molecule has 0 spiro atoms. The molecule has 0 bridgehead atoms. The molecule has 0 saturated carbocycles. The van der Waals surface area contributed by atoms with Crippen LogP contribution in [0, 0.1) is 0 Å². The number of hydrogen-bond acceptors (Lipinski definition) is 2. The lowest BCUT2D eigenvalue weighted by Crippen LogP contribution is -2.39. The fourth-order valence-electron chi connectivity index (χ4n) is 1.40. The zero-order chi connectivity index (χ0) is 8.39. The summed E-state index contributed by atoms with van der Waals surface area (Å²) in [4.78, 5) is 0.